The summed E-state index contributed by atoms with van der Waals surface area (Å²) in [6.45, 7) is 0. The molecule has 0 aliphatic rings. The zero-order valence-corrected chi connectivity index (χ0v) is 3.63. The van der Waals surface area contributed by atoms with Gasteiger partial charge in [0.15, 0.2) is 0 Å². The molecule has 1 atom stereocenters. The van der Waals surface area contributed by atoms with Crippen molar-refractivity contribution in [1.29, 1.82) is 0 Å². The van der Waals surface area contributed by atoms with Gasteiger partial charge < -0.3 is 16.3 Å². The Bertz CT molecular complexity index is 90.9. The summed E-state index contributed by atoms with van der Waals surface area (Å²) in [7, 11) is 0. The average Bonchev–Trinajstić information content (AvgIpc) is 1.65. The largest absolute Gasteiger partial charge is 0.368 e. The van der Waals surface area contributed by atoms with Gasteiger partial charge in [0.25, 0.3) is 0 Å². The molecular weight excluding hydrogens is 96.0 g/mol. The lowest BCUT2D eigenvalue weighted by Gasteiger charge is -1.90. The number of rotatable bonds is 2. The lowest BCUT2D eigenvalue weighted by molar-refractivity contribution is -0.123. The second-order valence-corrected chi connectivity index (χ2v) is 1.06. The van der Waals surface area contributed by atoms with Crippen molar-refractivity contribution >= 4 is 12.2 Å². The number of primary amides is 1. The summed E-state index contributed by atoms with van der Waals surface area (Å²) in [5.41, 5.74) is 9.32. The molecule has 0 rings (SSSR count). The summed E-state index contributed by atoms with van der Waals surface area (Å²) < 4.78 is 0. The van der Waals surface area contributed by atoms with E-state index in [4.69, 9.17) is 5.73 Å². The molecule has 0 radical (unpaired) electrons. The third-order valence-corrected chi connectivity index (χ3v) is 0.475. The fourth-order valence-corrected chi connectivity index (χ4v) is 0.0671. The Balaban J connectivity index is 3.55. The molecule has 0 aromatic carbocycles. The Morgan fingerprint density at radius 3 is 2.14 bits per heavy atom. The van der Waals surface area contributed by atoms with Gasteiger partial charge in [0, 0.05) is 0 Å². The quantitative estimate of drug-likeness (QED) is 0.312. The monoisotopic (exact) mass is 102 g/mol. The van der Waals surface area contributed by atoms with Gasteiger partial charge in [-0.15, -0.1) is 0 Å². The average molecular weight is 102 g/mol. The first kappa shape index (κ1) is 6.10. The lowest BCUT2D eigenvalue weighted by atomic mass is 10.3. The van der Waals surface area contributed by atoms with Crippen LogP contribution in [0.3, 0.4) is 0 Å². The minimum atomic E-state index is -1.14. The van der Waals surface area contributed by atoms with Crippen LogP contribution < -0.4 is 11.5 Å². The minimum Gasteiger partial charge on any atom is -0.368 e. The number of hydrogen-bond acceptors (Lipinski definition) is 3. The lowest BCUT2D eigenvalue weighted by Crippen LogP contribution is -2.37. The maximum atomic E-state index is 9.80. The molecule has 0 saturated heterocycles. The van der Waals surface area contributed by atoms with E-state index in [2.05, 4.69) is 5.73 Å². The van der Waals surface area contributed by atoms with Crippen LogP contribution in [0.4, 0.5) is 0 Å². The molecule has 0 fully saturated rings. The van der Waals surface area contributed by atoms with Gasteiger partial charge in [-0.05, 0) is 0 Å². The Kier molecular flexibility index (Phi) is 2.01. The third kappa shape index (κ3) is 1.88. The molecule has 0 saturated carbocycles. The Morgan fingerprint density at radius 2 is 2.14 bits per heavy atom. The second-order valence-electron chi connectivity index (χ2n) is 1.06. The molecule has 40 valence electrons. The summed E-state index contributed by atoms with van der Waals surface area (Å²) in [6, 6.07) is -1.14. The van der Waals surface area contributed by atoms with E-state index in [0.717, 1.165) is 0 Å². The van der Waals surface area contributed by atoms with Crippen molar-refractivity contribution in [3.05, 3.63) is 0 Å². The molecule has 0 heterocycles. The topological polar surface area (TPSA) is 86.2 Å². The number of carbonyl (C=O) groups is 2. The highest BCUT2D eigenvalue weighted by molar-refractivity contribution is 5.94. The molecule has 0 aliphatic heterocycles. The van der Waals surface area contributed by atoms with Crippen molar-refractivity contribution in [2.45, 2.75) is 6.04 Å². The van der Waals surface area contributed by atoms with Gasteiger partial charge in [0.05, 0.1) is 0 Å². The zero-order chi connectivity index (χ0) is 5.86. The summed E-state index contributed by atoms with van der Waals surface area (Å²) >= 11 is 0. The van der Waals surface area contributed by atoms with Gasteiger partial charge in [-0.1, -0.05) is 0 Å². The fourth-order valence-electron chi connectivity index (χ4n) is 0.0671. The summed E-state index contributed by atoms with van der Waals surface area (Å²) in [6.07, 6.45) is 0.294. The molecule has 4 heteroatoms. The number of amides is 1. The van der Waals surface area contributed by atoms with Crippen LogP contribution in [0.5, 0.6) is 0 Å². The van der Waals surface area contributed by atoms with Gasteiger partial charge in [0.2, 0.25) is 5.91 Å². The first-order valence-electron chi connectivity index (χ1n) is 1.68. The molecule has 0 bridgehead atoms. The summed E-state index contributed by atoms with van der Waals surface area (Å²) in [5, 5.41) is 0. The van der Waals surface area contributed by atoms with E-state index in [-0.39, 0.29) is 0 Å². The molecule has 0 aromatic heterocycles. The number of nitrogens with two attached hydrogens (primary N) is 2. The normalized spacial score (nSPS) is 12.7. The minimum absolute atomic E-state index is 0.294. The first-order chi connectivity index (χ1) is 3.18. The summed E-state index contributed by atoms with van der Waals surface area (Å²) in [5.74, 6) is -0.796. The second kappa shape index (κ2) is 2.30. The van der Waals surface area contributed by atoms with Crippen molar-refractivity contribution in [2.24, 2.45) is 11.5 Å². The van der Waals surface area contributed by atoms with Crippen molar-refractivity contribution in [1.82, 2.24) is 0 Å². The van der Waals surface area contributed by atoms with Crippen LogP contribution in [-0.4, -0.2) is 18.2 Å². The van der Waals surface area contributed by atoms with E-state index < -0.39 is 11.9 Å². The molecular formula is C3H6N2O2. The van der Waals surface area contributed by atoms with E-state index in [0.29, 0.717) is 6.29 Å². The van der Waals surface area contributed by atoms with Crippen LogP contribution in [0.1, 0.15) is 0 Å². The molecule has 1 amide bonds. The number of carbonyl (C=O) groups excluding carboxylic acids is 2. The summed E-state index contributed by atoms with van der Waals surface area (Å²) in [4.78, 5) is 19.3. The predicted octanol–water partition coefficient (Wildman–Crippen LogP) is -2.00. The van der Waals surface area contributed by atoms with E-state index >= 15 is 0 Å². The Labute approximate surface area is 40.5 Å². The molecule has 0 aliphatic carbocycles. The number of hydrogen-bond donors (Lipinski definition) is 2. The highest BCUT2D eigenvalue weighted by Gasteiger charge is 2.03. The van der Waals surface area contributed by atoms with Crippen LogP contribution in [0.15, 0.2) is 0 Å². The van der Waals surface area contributed by atoms with E-state index in [9.17, 15) is 9.59 Å². The molecule has 4 N–H and O–H groups in total. The van der Waals surface area contributed by atoms with Crippen molar-refractivity contribution in [3.8, 4) is 0 Å². The van der Waals surface area contributed by atoms with Crippen LogP contribution in [0.25, 0.3) is 0 Å². The van der Waals surface area contributed by atoms with Gasteiger partial charge in [-0.3, -0.25) is 4.79 Å². The Hall–Kier alpha value is -0.900. The van der Waals surface area contributed by atoms with Gasteiger partial charge >= 0.3 is 0 Å². The van der Waals surface area contributed by atoms with Crippen LogP contribution in [0.2, 0.25) is 0 Å². The zero-order valence-electron chi connectivity index (χ0n) is 3.63. The van der Waals surface area contributed by atoms with Gasteiger partial charge in [-0.2, -0.15) is 0 Å². The van der Waals surface area contributed by atoms with Crippen LogP contribution in [0, 0.1) is 0 Å². The Morgan fingerprint density at radius 1 is 1.71 bits per heavy atom. The third-order valence-electron chi connectivity index (χ3n) is 0.475. The maximum absolute atomic E-state index is 9.80. The highest BCUT2D eigenvalue weighted by atomic mass is 16.2. The molecule has 7 heavy (non-hydrogen) atoms. The van der Waals surface area contributed by atoms with E-state index in [1.807, 2.05) is 0 Å². The smallest absolute Gasteiger partial charge is 0.241 e. The highest BCUT2D eigenvalue weighted by Crippen LogP contribution is 1.61. The maximum Gasteiger partial charge on any atom is 0.241 e. The SMILES string of the molecule is NC(=O)[C@@H](N)C=O. The first-order valence-corrected chi connectivity index (χ1v) is 1.68. The molecule has 0 aromatic rings. The van der Waals surface area contributed by atoms with E-state index in [1.54, 1.807) is 0 Å². The van der Waals surface area contributed by atoms with Crippen molar-refractivity contribution in [2.75, 3.05) is 0 Å². The predicted molar refractivity (Wildman–Crippen MR) is 23.2 cm³/mol. The van der Waals surface area contributed by atoms with Crippen molar-refractivity contribution in [3.63, 3.8) is 0 Å². The van der Waals surface area contributed by atoms with Gasteiger partial charge in [-0.25, -0.2) is 0 Å². The molecule has 4 nitrogen and oxygen atoms in total. The van der Waals surface area contributed by atoms with E-state index in [1.165, 1.54) is 0 Å². The molecule has 0 spiro atoms. The van der Waals surface area contributed by atoms with Crippen LogP contribution in [-0.2, 0) is 9.59 Å². The van der Waals surface area contributed by atoms with Crippen molar-refractivity contribution < 1.29 is 9.59 Å². The van der Waals surface area contributed by atoms with Gasteiger partial charge in [0.1, 0.15) is 12.3 Å². The number of aldehydes is 1. The molecule has 0 unspecified atom stereocenters. The van der Waals surface area contributed by atoms with Crippen LogP contribution >= 0.6 is 0 Å². The standard InChI is InChI=1S/C3H6N2O2/c4-2(1-6)3(5)7/h1-2H,4H2,(H2,5,7)/t2-/m0/s1. The fraction of sp³-hybridized carbons (Fsp3) is 0.333.